The van der Waals surface area contributed by atoms with Crippen LogP contribution in [0.1, 0.15) is 43.1 Å². The predicted molar refractivity (Wildman–Crippen MR) is 151 cm³/mol. The molecule has 5 rings (SSSR count). The smallest absolute Gasteiger partial charge is 0.229 e. The van der Waals surface area contributed by atoms with Gasteiger partial charge in [-0.05, 0) is 72.0 Å². The molecule has 8 heteroatoms. The van der Waals surface area contributed by atoms with Gasteiger partial charge in [-0.2, -0.15) is 0 Å². The fourth-order valence-corrected chi connectivity index (χ4v) is 5.71. The van der Waals surface area contributed by atoms with Crippen molar-refractivity contribution in [1.82, 2.24) is 4.90 Å². The van der Waals surface area contributed by atoms with E-state index >= 15 is 0 Å². The van der Waals surface area contributed by atoms with E-state index in [0.29, 0.717) is 18.0 Å². The van der Waals surface area contributed by atoms with Crippen molar-refractivity contribution in [3.63, 3.8) is 0 Å². The van der Waals surface area contributed by atoms with Crippen LogP contribution in [0.3, 0.4) is 0 Å². The second kappa shape index (κ2) is 10.7. The minimum absolute atomic E-state index is 0.155. The number of rotatable bonds is 9. The standard InChI is InChI=1S/C30H34N2O5S/c1-4-21-18-32(19-21)14-15-36-26-11-8-22(9-12-26)30-29(20(2)27-17-25(33)10-13-28(27)37-30)23-6-5-7-24(16-23)31-38(3,34)35/h5-13,16-17,21,30-31,33H,4,14-15,18-19H2,1-3H3. The summed E-state index contributed by atoms with van der Waals surface area (Å²) >= 11 is 0. The third-order valence-electron chi connectivity index (χ3n) is 7.22. The number of fused-ring (bicyclic) bond motifs is 1. The fraction of sp³-hybridized carbons (Fsp3) is 0.333. The Morgan fingerprint density at radius 1 is 1.08 bits per heavy atom. The largest absolute Gasteiger partial charge is 0.508 e. The number of anilines is 1. The number of ether oxygens (including phenoxy) is 2. The zero-order chi connectivity index (χ0) is 26.9. The lowest BCUT2D eigenvalue weighted by atomic mass is 9.86. The normalized spacial score (nSPS) is 17.9. The maximum absolute atomic E-state index is 11.8. The van der Waals surface area contributed by atoms with Crippen LogP contribution in [0.25, 0.3) is 11.1 Å². The van der Waals surface area contributed by atoms with Gasteiger partial charge in [0.1, 0.15) is 30.0 Å². The van der Waals surface area contributed by atoms with E-state index < -0.39 is 16.1 Å². The van der Waals surface area contributed by atoms with Gasteiger partial charge in [0, 0.05) is 36.5 Å². The van der Waals surface area contributed by atoms with Crippen molar-refractivity contribution in [2.75, 3.05) is 37.2 Å². The van der Waals surface area contributed by atoms with E-state index in [1.807, 2.05) is 43.3 Å². The second-order valence-electron chi connectivity index (χ2n) is 10.1. The zero-order valence-electron chi connectivity index (χ0n) is 22.0. The van der Waals surface area contributed by atoms with E-state index in [4.69, 9.17) is 9.47 Å². The molecule has 2 heterocycles. The van der Waals surface area contributed by atoms with E-state index in [0.717, 1.165) is 65.4 Å². The molecule has 2 N–H and O–H groups in total. The molecule has 2 aliphatic heterocycles. The average molecular weight is 535 g/mol. The minimum Gasteiger partial charge on any atom is -0.508 e. The van der Waals surface area contributed by atoms with Crippen molar-refractivity contribution in [3.8, 4) is 17.2 Å². The van der Waals surface area contributed by atoms with Crippen LogP contribution in [0, 0.1) is 5.92 Å². The maximum atomic E-state index is 11.8. The van der Waals surface area contributed by atoms with Crippen LogP contribution in [-0.4, -0.2) is 50.9 Å². The van der Waals surface area contributed by atoms with Crippen LogP contribution in [0.5, 0.6) is 17.2 Å². The van der Waals surface area contributed by atoms with Crippen molar-refractivity contribution < 1.29 is 23.0 Å². The van der Waals surface area contributed by atoms with E-state index in [-0.39, 0.29) is 5.75 Å². The molecule has 0 radical (unpaired) electrons. The summed E-state index contributed by atoms with van der Waals surface area (Å²) in [6, 6.07) is 20.3. The molecule has 1 fully saturated rings. The molecule has 0 bridgehead atoms. The first-order chi connectivity index (χ1) is 18.2. The van der Waals surface area contributed by atoms with Crippen LogP contribution in [0.4, 0.5) is 5.69 Å². The average Bonchev–Trinajstić information content (AvgIpc) is 2.85. The Balaban J connectivity index is 1.42. The number of nitrogens with one attached hydrogen (secondary N) is 1. The van der Waals surface area contributed by atoms with Gasteiger partial charge in [-0.1, -0.05) is 37.6 Å². The molecule has 1 unspecified atom stereocenters. The summed E-state index contributed by atoms with van der Waals surface area (Å²) in [6.07, 6.45) is 1.94. The number of nitrogens with zero attached hydrogens (tertiary/aromatic N) is 1. The Hall–Kier alpha value is -3.49. The Morgan fingerprint density at radius 2 is 1.84 bits per heavy atom. The van der Waals surface area contributed by atoms with E-state index in [1.165, 1.54) is 6.42 Å². The van der Waals surface area contributed by atoms with Crippen molar-refractivity contribution in [2.45, 2.75) is 26.4 Å². The molecule has 200 valence electrons. The molecule has 0 amide bonds. The molecular formula is C30H34N2O5S. The third-order valence-corrected chi connectivity index (χ3v) is 7.83. The highest BCUT2D eigenvalue weighted by atomic mass is 32.2. The van der Waals surface area contributed by atoms with Gasteiger partial charge in [0.25, 0.3) is 0 Å². The quantitative estimate of drug-likeness (QED) is 0.374. The second-order valence-corrected chi connectivity index (χ2v) is 11.9. The Labute approximate surface area is 224 Å². The fourth-order valence-electron chi connectivity index (χ4n) is 5.16. The van der Waals surface area contributed by atoms with Gasteiger partial charge in [-0.3, -0.25) is 9.62 Å². The first kappa shape index (κ1) is 26.1. The van der Waals surface area contributed by atoms with E-state index in [2.05, 4.69) is 16.5 Å². The number of sulfonamides is 1. The first-order valence-corrected chi connectivity index (χ1v) is 14.8. The number of phenolic OH excluding ortho intramolecular Hbond substituents is 1. The monoisotopic (exact) mass is 534 g/mol. The molecular weight excluding hydrogens is 500 g/mol. The van der Waals surface area contributed by atoms with Gasteiger partial charge in [-0.15, -0.1) is 0 Å². The van der Waals surface area contributed by atoms with E-state index in [1.54, 1.807) is 30.3 Å². The number of hydrogen-bond acceptors (Lipinski definition) is 6. The highest BCUT2D eigenvalue weighted by Crippen LogP contribution is 2.47. The lowest BCUT2D eigenvalue weighted by Crippen LogP contribution is -2.47. The van der Waals surface area contributed by atoms with Crippen molar-refractivity contribution >= 4 is 26.9 Å². The Kier molecular flexibility index (Phi) is 7.36. The topological polar surface area (TPSA) is 88.1 Å². The van der Waals surface area contributed by atoms with Crippen molar-refractivity contribution in [1.29, 1.82) is 0 Å². The lowest BCUT2D eigenvalue weighted by Gasteiger charge is -2.38. The summed E-state index contributed by atoms with van der Waals surface area (Å²) < 4.78 is 38.7. The lowest BCUT2D eigenvalue weighted by molar-refractivity contribution is 0.0806. The molecule has 0 aromatic heterocycles. The van der Waals surface area contributed by atoms with E-state index in [9.17, 15) is 13.5 Å². The molecule has 0 spiro atoms. The summed E-state index contributed by atoms with van der Waals surface area (Å²) in [5.41, 5.74) is 4.90. The zero-order valence-corrected chi connectivity index (χ0v) is 22.8. The molecule has 38 heavy (non-hydrogen) atoms. The molecule has 3 aromatic carbocycles. The number of likely N-dealkylation sites (tertiary alicyclic amines) is 1. The SMILES string of the molecule is CCC1CN(CCOc2ccc(C3Oc4ccc(O)cc4C(C)=C3c3cccc(NS(C)(=O)=O)c3)cc2)C1. The van der Waals surface area contributed by atoms with Crippen LogP contribution < -0.4 is 14.2 Å². The summed E-state index contributed by atoms with van der Waals surface area (Å²) in [6.45, 7) is 8.13. The predicted octanol–water partition coefficient (Wildman–Crippen LogP) is 5.55. The number of allylic oxidation sites excluding steroid dienone is 1. The summed E-state index contributed by atoms with van der Waals surface area (Å²) in [4.78, 5) is 2.42. The number of benzene rings is 3. The molecule has 2 aliphatic rings. The maximum Gasteiger partial charge on any atom is 0.229 e. The van der Waals surface area contributed by atoms with Crippen LogP contribution >= 0.6 is 0 Å². The molecule has 7 nitrogen and oxygen atoms in total. The molecule has 3 aromatic rings. The number of aromatic hydroxyl groups is 1. The highest BCUT2D eigenvalue weighted by molar-refractivity contribution is 7.92. The Bertz CT molecular complexity index is 1440. The summed E-state index contributed by atoms with van der Waals surface area (Å²) in [7, 11) is -3.43. The van der Waals surface area contributed by atoms with Gasteiger partial charge >= 0.3 is 0 Å². The van der Waals surface area contributed by atoms with Crippen LogP contribution in [0.15, 0.2) is 66.7 Å². The first-order valence-electron chi connectivity index (χ1n) is 12.9. The molecule has 1 atom stereocenters. The van der Waals surface area contributed by atoms with Gasteiger partial charge in [0.15, 0.2) is 0 Å². The molecule has 0 saturated carbocycles. The minimum atomic E-state index is -3.43. The van der Waals surface area contributed by atoms with Crippen LogP contribution in [-0.2, 0) is 10.0 Å². The highest BCUT2D eigenvalue weighted by Gasteiger charge is 2.30. The van der Waals surface area contributed by atoms with Gasteiger partial charge < -0.3 is 14.6 Å². The molecule has 0 aliphatic carbocycles. The van der Waals surface area contributed by atoms with Gasteiger partial charge in [-0.25, -0.2) is 8.42 Å². The third kappa shape index (κ3) is 5.81. The molecule has 1 saturated heterocycles. The summed E-state index contributed by atoms with van der Waals surface area (Å²) in [5.74, 6) is 2.47. The van der Waals surface area contributed by atoms with Crippen molar-refractivity contribution in [2.24, 2.45) is 5.92 Å². The van der Waals surface area contributed by atoms with Crippen LogP contribution in [0.2, 0.25) is 0 Å². The summed E-state index contributed by atoms with van der Waals surface area (Å²) in [5, 5.41) is 10.1. The van der Waals surface area contributed by atoms with Crippen molar-refractivity contribution in [3.05, 3.63) is 83.4 Å². The number of phenols is 1. The Morgan fingerprint density at radius 3 is 2.55 bits per heavy atom. The number of hydrogen-bond donors (Lipinski definition) is 2. The van der Waals surface area contributed by atoms with Gasteiger partial charge in [0.2, 0.25) is 10.0 Å². The van der Waals surface area contributed by atoms with Gasteiger partial charge in [0.05, 0.1) is 6.26 Å².